The molecule has 2 unspecified atom stereocenters. The van der Waals surface area contributed by atoms with Gasteiger partial charge in [0.25, 0.3) is 0 Å². The Hall–Kier alpha value is -1.94. The molecule has 5 atom stereocenters. The third kappa shape index (κ3) is 72.4. The summed E-state index contributed by atoms with van der Waals surface area (Å²) in [5, 5.41) is 10.6. The quantitative estimate of drug-likeness (QED) is 0.0222. The topological polar surface area (TPSA) is 237 Å². The number of phosphoric acid groups is 2. The smallest absolute Gasteiger partial charge is 0.462 e. The van der Waals surface area contributed by atoms with Gasteiger partial charge in [-0.15, -0.1) is 0 Å². The zero-order valence-corrected chi connectivity index (χ0v) is 66.0. The Bertz CT molecular complexity index is 1900. The van der Waals surface area contributed by atoms with E-state index in [-0.39, 0.29) is 25.7 Å². The van der Waals surface area contributed by atoms with Crippen molar-refractivity contribution in [2.24, 2.45) is 17.8 Å². The summed E-state index contributed by atoms with van der Waals surface area (Å²) in [6.45, 7) is 11.9. The average molecular weight is 1440 g/mol. The van der Waals surface area contributed by atoms with Gasteiger partial charge < -0.3 is 33.8 Å². The van der Waals surface area contributed by atoms with Gasteiger partial charge in [0.05, 0.1) is 26.4 Å². The third-order valence-electron chi connectivity index (χ3n) is 18.4. The normalized spacial score (nSPS) is 14.0. The monoisotopic (exact) mass is 1440 g/mol. The van der Waals surface area contributed by atoms with Crippen molar-refractivity contribution >= 4 is 39.5 Å². The Labute approximate surface area is 600 Å². The fourth-order valence-electron chi connectivity index (χ4n) is 12.1. The van der Waals surface area contributed by atoms with Gasteiger partial charge in [0, 0.05) is 25.7 Å². The molecule has 0 spiro atoms. The van der Waals surface area contributed by atoms with E-state index in [0.29, 0.717) is 31.6 Å². The molecule has 0 aromatic rings. The van der Waals surface area contributed by atoms with Gasteiger partial charge in [-0.05, 0) is 43.4 Å². The molecule has 0 aromatic heterocycles. The van der Waals surface area contributed by atoms with E-state index >= 15 is 0 Å². The summed E-state index contributed by atoms with van der Waals surface area (Å²) < 4.78 is 68.6. The van der Waals surface area contributed by atoms with E-state index in [1.165, 1.54) is 212 Å². The number of ether oxygens (including phenoxy) is 4. The third-order valence-corrected chi connectivity index (χ3v) is 20.3. The lowest BCUT2D eigenvalue weighted by Crippen LogP contribution is -2.30. The number of hydrogen-bond acceptors (Lipinski definition) is 15. The van der Waals surface area contributed by atoms with Gasteiger partial charge in [-0.2, -0.15) is 0 Å². The van der Waals surface area contributed by atoms with Crippen LogP contribution in [-0.4, -0.2) is 96.7 Å². The van der Waals surface area contributed by atoms with E-state index < -0.39 is 97.5 Å². The van der Waals surface area contributed by atoms with Crippen molar-refractivity contribution in [2.45, 2.75) is 426 Å². The maximum atomic E-state index is 13.1. The minimum absolute atomic E-state index is 0.107. The molecule has 0 rings (SSSR count). The number of esters is 4. The van der Waals surface area contributed by atoms with Crippen LogP contribution in [0.1, 0.15) is 408 Å². The van der Waals surface area contributed by atoms with E-state index in [1.807, 2.05) is 0 Å². The summed E-state index contributed by atoms with van der Waals surface area (Å²) in [5.41, 5.74) is 0. The first-order chi connectivity index (χ1) is 47.2. The Morgan fingerprint density at radius 2 is 0.469 bits per heavy atom. The van der Waals surface area contributed by atoms with Crippen molar-refractivity contribution in [1.29, 1.82) is 0 Å². The van der Waals surface area contributed by atoms with Crippen LogP contribution < -0.4 is 0 Å². The molecule has 0 aliphatic carbocycles. The highest BCUT2D eigenvalue weighted by molar-refractivity contribution is 7.47. The van der Waals surface area contributed by atoms with Crippen LogP contribution >= 0.6 is 15.6 Å². The first-order valence-electron chi connectivity index (χ1n) is 40.8. The summed E-state index contributed by atoms with van der Waals surface area (Å²) in [6, 6.07) is 0. The Morgan fingerprint density at radius 1 is 0.276 bits per heavy atom. The molecule has 0 heterocycles. The van der Waals surface area contributed by atoms with E-state index in [4.69, 9.17) is 37.0 Å². The Morgan fingerprint density at radius 3 is 0.694 bits per heavy atom. The second-order valence-electron chi connectivity index (χ2n) is 29.9. The van der Waals surface area contributed by atoms with Crippen molar-refractivity contribution in [3.8, 4) is 0 Å². The van der Waals surface area contributed by atoms with Crippen LogP contribution in [0.3, 0.4) is 0 Å². The van der Waals surface area contributed by atoms with Crippen molar-refractivity contribution in [3.63, 3.8) is 0 Å². The Balaban J connectivity index is 5.24. The first kappa shape index (κ1) is 96.1. The van der Waals surface area contributed by atoms with Gasteiger partial charge in [-0.3, -0.25) is 37.3 Å². The summed E-state index contributed by atoms with van der Waals surface area (Å²) in [7, 11) is -9.92. The molecule has 0 radical (unpaired) electrons. The van der Waals surface area contributed by atoms with Crippen LogP contribution in [0.5, 0.6) is 0 Å². The second kappa shape index (κ2) is 69.4. The number of carbonyl (C=O) groups excluding carboxylic acids is 4. The van der Waals surface area contributed by atoms with Crippen molar-refractivity contribution in [1.82, 2.24) is 0 Å². The molecule has 0 saturated heterocycles. The number of rotatable bonds is 77. The van der Waals surface area contributed by atoms with E-state index in [2.05, 4.69) is 48.5 Å². The van der Waals surface area contributed by atoms with E-state index in [9.17, 15) is 43.2 Å². The van der Waals surface area contributed by atoms with Crippen LogP contribution in [0.2, 0.25) is 0 Å². The summed E-state index contributed by atoms with van der Waals surface area (Å²) in [5.74, 6) is 0.194. The van der Waals surface area contributed by atoms with Gasteiger partial charge in [0.2, 0.25) is 0 Å². The molecule has 98 heavy (non-hydrogen) atoms. The molecule has 3 N–H and O–H groups in total. The van der Waals surface area contributed by atoms with Gasteiger partial charge in [-0.1, -0.05) is 357 Å². The fraction of sp³-hybridized carbons (Fsp3) is 0.949. The maximum absolute atomic E-state index is 13.1. The summed E-state index contributed by atoms with van der Waals surface area (Å²) >= 11 is 0. The SMILES string of the molecule is CCCCCCCCCCCCCCCC(=O)O[C@H](COC(=O)CCCCCCCCCC(C)C)COP(=O)(O)OC[C@H](O)COP(=O)(O)OC[C@@H](COC(=O)CCCCCCCCCCCCCCCCC(C)C)OC(=O)CCCCCCCCCCCCCCCCCC(C)C. The highest BCUT2D eigenvalue weighted by Gasteiger charge is 2.30. The van der Waals surface area contributed by atoms with Crippen LogP contribution in [0.4, 0.5) is 0 Å². The van der Waals surface area contributed by atoms with E-state index in [0.717, 1.165) is 108 Å². The lowest BCUT2D eigenvalue weighted by molar-refractivity contribution is -0.161. The molecule has 19 heteroatoms. The number of hydrogen-bond donors (Lipinski definition) is 3. The molecule has 582 valence electrons. The lowest BCUT2D eigenvalue weighted by Gasteiger charge is -2.21. The van der Waals surface area contributed by atoms with Crippen LogP contribution in [0.25, 0.3) is 0 Å². The fourth-order valence-corrected chi connectivity index (χ4v) is 13.7. The number of carbonyl (C=O) groups is 4. The number of phosphoric ester groups is 2. The van der Waals surface area contributed by atoms with Gasteiger partial charge in [0.15, 0.2) is 12.2 Å². The van der Waals surface area contributed by atoms with E-state index in [1.54, 1.807) is 0 Å². The van der Waals surface area contributed by atoms with Gasteiger partial charge >= 0.3 is 39.5 Å². The maximum Gasteiger partial charge on any atom is 0.472 e. The highest BCUT2D eigenvalue weighted by Crippen LogP contribution is 2.45. The molecule has 17 nitrogen and oxygen atoms in total. The molecule has 0 aliphatic rings. The minimum atomic E-state index is -4.96. The molecule has 0 aromatic carbocycles. The lowest BCUT2D eigenvalue weighted by atomic mass is 10.0. The van der Waals surface area contributed by atoms with Crippen molar-refractivity contribution in [2.75, 3.05) is 39.6 Å². The van der Waals surface area contributed by atoms with Crippen LogP contribution in [-0.2, 0) is 65.4 Å². The molecule has 0 saturated carbocycles. The van der Waals surface area contributed by atoms with Gasteiger partial charge in [-0.25, -0.2) is 9.13 Å². The van der Waals surface area contributed by atoms with Gasteiger partial charge in [0.1, 0.15) is 19.3 Å². The number of aliphatic hydroxyl groups excluding tert-OH is 1. The molecule has 0 aliphatic heterocycles. The molecular formula is C79H154O17P2. The number of aliphatic hydroxyl groups is 1. The predicted molar refractivity (Wildman–Crippen MR) is 400 cm³/mol. The predicted octanol–water partition coefficient (Wildman–Crippen LogP) is 23.4. The summed E-state index contributed by atoms with van der Waals surface area (Å²) in [6.07, 6.45) is 56.9. The average Bonchev–Trinajstić information content (AvgIpc) is 0.981. The standard InChI is InChI=1S/C79H154O17P2/c1-8-9-10-11-12-13-14-20-28-33-40-48-55-62-78(83)96-75(67-90-77(82)61-54-47-42-35-38-45-52-59-72(6)7)69-94-98(87,88)92-65-73(80)64-91-97(85,86)93-68-74(66-89-76(81)60-53-46-39-32-27-23-19-18-22-26-31-37-44-51-58-71(4)5)95-79(84)63-56-49-41-34-29-24-17-15-16-21-25-30-36-43-50-57-70(2)3/h70-75,80H,8-69H2,1-7H3,(H,85,86)(H,87,88)/t73-,74-,75-/m1/s1. The minimum Gasteiger partial charge on any atom is -0.462 e. The van der Waals surface area contributed by atoms with Crippen LogP contribution in [0.15, 0.2) is 0 Å². The first-order valence-corrected chi connectivity index (χ1v) is 43.8. The molecular weight excluding hydrogens is 1280 g/mol. The zero-order valence-electron chi connectivity index (χ0n) is 64.3. The molecule has 0 amide bonds. The van der Waals surface area contributed by atoms with Crippen LogP contribution in [0, 0.1) is 17.8 Å². The molecule has 0 fully saturated rings. The molecule has 0 bridgehead atoms. The summed E-state index contributed by atoms with van der Waals surface area (Å²) in [4.78, 5) is 72.9. The Kier molecular flexibility index (Phi) is 68.1. The highest BCUT2D eigenvalue weighted by atomic mass is 31.2. The zero-order chi connectivity index (χ0) is 72.3. The number of unbranched alkanes of at least 4 members (excludes halogenated alkanes) is 45. The second-order valence-corrected chi connectivity index (χ2v) is 32.8. The largest absolute Gasteiger partial charge is 0.472 e. The van der Waals surface area contributed by atoms with Crippen molar-refractivity contribution < 1.29 is 80.2 Å². The van der Waals surface area contributed by atoms with Crippen molar-refractivity contribution in [3.05, 3.63) is 0 Å².